The maximum absolute atomic E-state index is 12.0. The maximum Gasteiger partial charge on any atom is 0.251 e. The molecule has 0 saturated heterocycles. The number of aromatic nitrogens is 1. The van der Waals surface area contributed by atoms with Gasteiger partial charge in [0, 0.05) is 31.4 Å². The van der Waals surface area contributed by atoms with Crippen molar-refractivity contribution < 1.29 is 13.2 Å². The Hall–Kier alpha value is -2.45. The summed E-state index contributed by atoms with van der Waals surface area (Å²) in [6, 6.07) is 9.54. The Morgan fingerprint density at radius 1 is 1.17 bits per heavy atom. The summed E-state index contributed by atoms with van der Waals surface area (Å²) in [7, 11) is -1.96. The number of nitrogens with two attached hydrogens (primary N) is 1. The number of aryl methyl sites for hydroxylation is 1. The van der Waals surface area contributed by atoms with Crippen LogP contribution in [-0.2, 0) is 29.4 Å². The van der Waals surface area contributed by atoms with Gasteiger partial charge in [-0.1, -0.05) is 24.3 Å². The molecule has 2 rings (SSSR count). The number of benzene rings is 1. The van der Waals surface area contributed by atoms with Crippen LogP contribution in [0.5, 0.6) is 0 Å². The van der Waals surface area contributed by atoms with Crippen molar-refractivity contribution in [1.29, 1.82) is 0 Å². The second-order valence-corrected chi connectivity index (χ2v) is 6.79. The molecule has 7 nitrogen and oxygen atoms in total. The molecule has 8 heteroatoms. The van der Waals surface area contributed by atoms with Gasteiger partial charge in [0.1, 0.15) is 0 Å². The van der Waals surface area contributed by atoms with Crippen LogP contribution in [0.2, 0.25) is 0 Å². The van der Waals surface area contributed by atoms with E-state index in [0.717, 1.165) is 5.56 Å². The minimum atomic E-state index is -3.56. The highest BCUT2D eigenvalue weighted by atomic mass is 32.2. The molecule has 1 amide bonds. The van der Waals surface area contributed by atoms with Gasteiger partial charge in [-0.2, -0.15) is 0 Å². The van der Waals surface area contributed by atoms with Crippen LogP contribution in [0.1, 0.15) is 21.5 Å². The largest absolute Gasteiger partial charge is 0.348 e. The van der Waals surface area contributed by atoms with E-state index in [9.17, 15) is 18.0 Å². The average molecular weight is 335 g/mol. The van der Waals surface area contributed by atoms with Crippen molar-refractivity contribution in [2.75, 3.05) is 0 Å². The first-order chi connectivity index (χ1) is 10.7. The first kappa shape index (κ1) is 16.9. The van der Waals surface area contributed by atoms with Crippen molar-refractivity contribution in [2.45, 2.75) is 12.3 Å². The smallest absolute Gasteiger partial charge is 0.251 e. The number of nitrogens with one attached hydrogen (secondary N) is 1. The third-order valence-corrected chi connectivity index (χ3v) is 3.95. The van der Waals surface area contributed by atoms with Gasteiger partial charge in [-0.25, -0.2) is 13.6 Å². The molecule has 3 N–H and O–H groups in total. The Labute approximate surface area is 133 Å². The molecule has 0 bridgehead atoms. The van der Waals surface area contributed by atoms with Crippen LogP contribution in [-0.4, -0.2) is 18.9 Å². The zero-order chi connectivity index (χ0) is 17.0. The number of sulfonamides is 1. The fourth-order valence-corrected chi connectivity index (χ4v) is 2.62. The number of hydrogen-bond acceptors (Lipinski definition) is 4. The number of carbonyl (C=O) groups is 1. The quantitative estimate of drug-likeness (QED) is 0.807. The van der Waals surface area contributed by atoms with Crippen molar-refractivity contribution in [2.24, 2.45) is 12.2 Å². The second-order valence-electron chi connectivity index (χ2n) is 5.17. The molecule has 1 aromatic heterocycles. The molecule has 0 aliphatic heterocycles. The number of primary sulfonamides is 1. The standard InChI is InChI=1S/C15H17N3O4S/c1-18-7-6-13(8-14(18)19)15(20)17-9-11-2-4-12(5-3-11)10-23(16,21)22/h2-8H,9-10H2,1H3,(H,17,20)(H2,16,21,22). The van der Waals surface area contributed by atoms with Gasteiger partial charge >= 0.3 is 0 Å². The van der Waals surface area contributed by atoms with Crippen molar-refractivity contribution in [3.05, 3.63) is 69.6 Å². The van der Waals surface area contributed by atoms with Gasteiger partial charge in [0.25, 0.3) is 11.5 Å². The molecule has 23 heavy (non-hydrogen) atoms. The summed E-state index contributed by atoms with van der Waals surface area (Å²) in [5, 5.41) is 7.68. The Kier molecular flexibility index (Phi) is 4.97. The highest BCUT2D eigenvalue weighted by Crippen LogP contribution is 2.07. The summed E-state index contributed by atoms with van der Waals surface area (Å²) in [5.41, 5.74) is 1.42. The van der Waals surface area contributed by atoms with Crippen molar-refractivity contribution in [3.8, 4) is 0 Å². The molecule has 0 saturated carbocycles. The van der Waals surface area contributed by atoms with E-state index in [4.69, 9.17) is 5.14 Å². The van der Waals surface area contributed by atoms with E-state index in [2.05, 4.69) is 5.32 Å². The minimum absolute atomic E-state index is 0.229. The molecule has 1 heterocycles. The van der Waals surface area contributed by atoms with Crippen LogP contribution in [0.3, 0.4) is 0 Å². The molecule has 2 aromatic rings. The van der Waals surface area contributed by atoms with E-state index in [1.165, 1.54) is 16.8 Å². The molecular weight excluding hydrogens is 318 g/mol. The molecule has 122 valence electrons. The van der Waals surface area contributed by atoms with E-state index >= 15 is 0 Å². The number of carbonyl (C=O) groups excluding carboxylic acids is 1. The van der Waals surface area contributed by atoms with Gasteiger partial charge in [0.15, 0.2) is 0 Å². The Morgan fingerprint density at radius 2 is 1.78 bits per heavy atom. The SMILES string of the molecule is Cn1ccc(C(=O)NCc2ccc(CS(N)(=O)=O)cc2)cc1=O. The van der Waals surface area contributed by atoms with Crippen LogP contribution in [0.15, 0.2) is 47.4 Å². The van der Waals surface area contributed by atoms with E-state index in [0.29, 0.717) is 11.1 Å². The fraction of sp³-hybridized carbons (Fsp3) is 0.200. The molecule has 0 atom stereocenters. The van der Waals surface area contributed by atoms with Gasteiger partial charge in [-0.05, 0) is 17.2 Å². The molecule has 0 aliphatic carbocycles. The van der Waals surface area contributed by atoms with Crippen molar-refractivity contribution in [1.82, 2.24) is 9.88 Å². The predicted molar refractivity (Wildman–Crippen MR) is 86.1 cm³/mol. The van der Waals surface area contributed by atoms with Gasteiger partial charge in [-0.3, -0.25) is 9.59 Å². The Balaban J connectivity index is 1.99. The van der Waals surface area contributed by atoms with Gasteiger partial charge in [-0.15, -0.1) is 0 Å². The van der Waals surface area contributed by atoms with Crippen LogP contribution in [0, 0.1) is 0 Å². The number of rotatable bonds is 5. The van der Waals surface area contributed by atoms with Gasteiger partial charge in [0.2, 0.25) is 10.0 Å². The van der Waals surface area contributed by atoms with Crippen LogP contribution >= 0.6 is 0 Å². The summed E-state index contributed by atoms with van der Waals surface area (Å²) < 4.78 is 23.4. The molecule has 0 fully saturated rings. The van der Waals surface area contributed by atoms with Crippen LogP contribution < -0.4 is 16.0 Å². The lowest BCUT2D eigenvalue weighted by atomic mass is 10.1. The van der Waals surface area contributed by atoms with E-state index in [-0.39, 0.29) is 23.8 Å². The molecule has 1 aromatic carbocycles. The summed E-state index contributed by atoms with van der Waals surface area (Å²) >= 11 is 0. The van der Waals surface area contributed by atoms with Crippen molar-refractivity contribution >= 4 is 15.9 Å². The maximum atomic E-state index is 12.0. The highest BCUT2D eigenvalue weighted by Gasteiger charge is 2.07. The third-order valence-electron chi connectivity index (χ3n) is 3.21. The monoisotopic (exact) mass is 335 g/mol. The summed E-state index contributed by atoms with van der Waals surface area (Å²) in [6.07, 6.45) is 1.53. The lowest BCUT2D eigenvalue weighted by Crippen LogP contribution is -2.25. The number of pyridine rings is 1. The molecule has 0 radical (unpaired) electrons. The second kappa shape index (κ2) is 6.76. The lowest BCUT2D eigenvalue weighted by molar-refractivity contribution is 0.0950. The van der Waals surface area contributed by atoms with Gasteiger partial charge < -0.3 is 9.88 Å². The van der Waals surface area contributed by atoms with Crippen LogP contribution in [0.25, 0.3) is 0 Å². The predicted octanol–water partition coefficient (Wildman–Crippen LogP) is 0.104. The van der Waals surface area contributed by atoms with E-state index in [1.54, 1.807) is 37.4 Å². The summed E-state index contributed by atoms with van der Waals surface area (Å²) in [6.45, 7) is 0.268. The molecular formula is C15H17N3O4S. The average Bonchev–Trinajstić information content (AvgIpc) is 2.47. The molecule has 0 unspecified atom stereocenters. The van der Waals surface area contributed by atoms with Crippen molar-refractivity contribution in [3.63, 3.8) is 0 Å². The minimum Gasteiger partial charge on any atom is -0.348 e. The summed E-state index contributed by atoms with van der Waals surface area (Å²) in [4.78, 5) is 23.5. The Morgan fingerprint density at radius 3 is 2.35 bits per heavy atom. The van der Waals surface area contributed by atoms with Crippen LogP contribution in [0.4, 0.5) is 0 Å². The third kappa shape index (κ3) is 5.04. The number of hydrogen-bond donors (Lipinski definition) is 2. The normalized spacial score (nSPS) is 11.2. The first-order valence-corrected chi connectivity index (χ1v) is 8.49. The first-order valence-electron chi connectivity index (χ1n) is 6.78. The topological polar surface area (TPSA) is 111 Å². The fourth-order valence-electron chi connectivity index (χ4n) is 1.96. The number of amides is 1. The zero-order valence-corrected chi connectivity index (χ0v) is 13.3. The van der Waals surface area contributed by atoms with E-state index < -0.39 is 10.0 Å². The van der Waals surface area contributed by atoms with Gasteiger partial charge in [0.05, 0.1) is 5.75 Å². The molecule has 0 spiro atoms. The number of nitrogens with zero attached hydrogens (tertiary/aromatic N) is 1. The Bertz CT molecular complexity index is 870. The lowest BCUT2D eigenvalue weighted by Gasteiger charge is -2.07. The molecule has 0 aliphatic rings. The zero-order valence-electron chi connectivity index (χ0n) is 12.5. The summed E-state index contributed by atoms with van der Waals surface area (Å²) in [5.74, 6) is -0.580. The van der Waals surface area contributed by atoms with E-state index in [1.807, 2.05) is 0 Å². The highest BCUT2D eigenvalue weighted by molar-refractivity contribution is 7.88.